The number of carbonyl (C=O) groups excluding carboxylic acids is 1. The highest BCUT2D eigenvalue weighted by Crippen LogP contribution is 2.60. The second-order valence-corrected chi connectivity index (χ2v) is 7.13. The van der Waals surface area contributed by atoms with Gasteiger partial charge in [0.05, 0.1) is 13.2 Å². The van der Waals surface area contributed by atoms with Gasteiger partial charge in [0.15, 0.2) is 5.79 Å². The van der Waals surface area contributed by atoms with Crippen molar-refractivity contribution in [3.63, 3.8) is 0 Å². The van der Waals surface area contributed by atoms with Crippen molar-refractivity contribution in [3.05, 3.63) is 0 Å². The lowest BCUT2D eigenvalue weighted by Crippen LogP contribution is -2.45. The maximum atomic E-state index is 11.6. The molecule has 96 valence electrons. The normalized spacial score (nSPS) is 43.0. The van der Waals surface area contributed by atoms with E-state index >= 15 is 0 Å². The summed E-state index contributed by atoms with van der Waals surface area (Å²) in [5, 5.41) is 0. The molecule has 0 radical (unpaired) electrons. The highest BCUT2D eigenvalue weighted by molar-refractivity contribution is 5.82. The molecule has 3 heteroatoms. The Morgan fingerprint density at radius 2 is 1.82 bits per heavy atom. The average Bonchev–Trinajstić information content (AvgIpc) is 2.59. The number of ketones is 1. The third-order valence-corrected chi connectivity index (χ3v) is 4.97. The van der Waals surface area contributed by atoms with Gasteiger partial charge in [-0.1, -0.05) is 6.92 Å². The average molecular weight is 238 g/mol. The molecule has 3 rings (SSSR count). The van der Waals surface area contributed by atoms with Crippen LogP contribution in [0.1, 0.15) is 46.5 Å². The van der Waals surface area contributed by atoms with E-state index < -0.39 is 5.79 Å². The van der Waals surface area contributed by atoms with E-state index in [1.165, 1.54) is 0 Å². The van der Waals surface area contributed by atoms with Crippen LogP contribution in [0.5, 0.6) is 0 Å². The summed E-state index contributed by atoms with van der Waals surface area (Å²) >= 11 is 0. The molecule has 2 atom stereocenters. The summed E-state index contributed by atoms with van der Waals surface area (Å²) in [6.07, 6.45) is 3.74. The first-order valence-corrected chi connectivity index (χ1v) is 6.62. The Labute approximate surface area is 103 Å². The summed E-state index contributed by atoms with van der Waals surface area (Å²) in [5.41, 5.74) is 0.390. The fourth-order valence-corrected chi connectivity index (χ4v) is 4.12. The van der Waals surface area contributed by atoms with Gasteiger partial charge < -0.3 is 9.47 Å². The summed E-state index contributed by atoms with van der Waals surface area (Å²) in [6.45, 7) is 7.80. The molecule has 0 bridgehead atoms. The Hall–Kier alpha value is -0.410. The minimum atomic E-state index is -0.431. The molecule has 1 saturated heterocycles. The van der Waals surface area contributed by atoms with Crippen LogP contribution >= 0.6 is 0 Å². The van der Waals surface area contributed by atoms with Gasteiger partial charge >= 0.3 is 0 Å². The molecular formula is C14H22O3. The van der Waals surface area contributed by atoms with Crippen molar-refractivity contribution in [3.8, 4) is 0 Å². The highest BCUT2D eigenvalue weighted by Gasteiger charge is 2.58. The third-order valence-electron chi connectivity index (χ3n) is 4.97. The van der Waals surface area contributed by atoms with Crippen LogP contribution in [0, 0.1) is 16.7 Å². The van der Waals surface area contributed by atoms with Gasteiger partial charge in [-0.05, 0) is 38.0 Å². The largest absolute Gasteiger partial charge is 0.350 e. The van der Waals surface area contributed by atoms with Gasteiger partial charge in [-0.2, -0.15) is 0 Å². The number of ether oxygens (including phenoxy) is 2. The van der Waals surface area contributed by atoms with Crippen LogP contribution in [0.25, 0.3) is 0 Å². The van der Waals surface area contributed by atoms with E-state index in [0.29, 0.717) is 11.7 Å². The zero-order chi connectivity index (χ0) is 12.3. The molecule has 17 heavy (non-hydrogen) atoms. The molecule has 0 amide bonds. The molecule has 1 spiro atoms. The van der Waals surface area contributed by atoms with Crippen molar-refractivity contribution in [1.29, 1.82) is 0 Å². The van der Waals surface area contributed by atoms with E-state index in [1.807, 2.05) is 13.8 Å². The molecule has 3 nitrogen and oxygen atoms in total. The molecule has 1 aliphatic heterocycles. The molecule has 0 aromatic rings. The minimum absolute atomic E-state index is 0.176. The predicted octanol–water partition coefficient (Wildman–Crippen LogP) is 2.53. The van der Waals surface area contributed by atoms with E-state index in [9.17, 15) is 4.79 Å². The highest BCUT2D eigenvalue weighted by atomic mass is 16.7. The molecule has 0 unspecified atom stereocenters. The van der Waals surface area contributed by atoms with E-state index in [2.05, 4.69) is 6.92 Å². The maximum Gasteiger partial charge on any atom is 0.162 e. The first kappa shape index (κ1) is 11.7. The molecule has 0 N–H and O–H groups in total. The van der Waals surface area contributed by atoms with Crippen molar-refractivity contribution < 1.29 is 14.3 Å². The lowest BCUT2D eigenvalue weighted by atomic mass is 9.79. The van der Waals surface area contributed by atoms with E-state index in [1.54, 1.807) is 0 Å². The Balaban J connectivity index is 1.75. The van der Waals surface area contributed by atoms with Crippen molar-refractivity contribution in [2.24, 2.45) is 16.7 Å². The molecular weight excluding hydrogens is 216 g/mol. The van der Waals surface area contributed by atoms with Crippen LogP contribution in [-0.2, 0) is 14.3 Å². The van der Waals surface area contributed by atoms with Crippen LogP contribution in [0.3, 0.4) is 0 Å². The minimum Gasteiger partial charge on any atom is -0.350 e. The zero-order valence-corrected chi connectivity index (χ0v) is 11.0. The standard InChI is InChI=1S/C14H22O3/c1-12(2)16-8-14(9-17-12)5-10-4-11(15)6-13(10,3)7-14/h10H,4-9H2,1-3H3/t10-,13+/m1/s1. The second-order valence-electron chi connectivity index (χ2n) is 7.13. The Morgan fingerprint density at radius 3 is 2.41 bits per heavy atom. The number of hydrogen-bond donors (Lipinski definition) is 0. The van der Waals surface area contributed by atoms with Crippen LogP contribution in [-0.4, -0.2) is 24.8 Å². The van der Waals surface area contributed by atoms with Gasteiger partial charge in [0.1, 0.15) is 5.78 Å². The van der Waals surface area contributed by atoms with E-state index in [4.69, 9.17) is 9.47 Å². The summed E-state index contributed by atoms with van der Waals surface area (Å²) in [5.74, 6) is 0.577. The maximum absolute atomic E-state index is 11.6. The fraction of sp³-hybridized carbons (Fsp3) is 0.929. The SMILES string of the molecule is CC1(C)OCC2(CO1)C[C@H]1CC(=O)C[C@@]1(C)C2. The van der Waals surface area contributed by atoms with Gasteiger partial charge in [0, 0.05) is 18.3 Å². The Kier molecular flexibility index (Phi) is 2.28. The van der Waals surface area contributed by atoms with Crippen LogP contribution in [0.4, 0.5) is 0 Å². The van der Waals surface area contributed by atoms with Crippen molar-refractivity contribution >= 4 is 5.78 Å². The van der Waals surface area contributed by atoms with Gasteiger partial charge in [0.25, 0.3) is 0 Å². The van der Waals surface area contributed by atoms with Gasteiger partial charge in [0.2, 0.25) is 0 Å². The predicted molar refractivity (Wildman–Crippen MR) is 63.5 cm³/mol. The molecule has 3 aliphatic rings. The molecule has 1 heterocycles. The van der Waals surface area contributed by atoms with Gasteiger partial charge in [-0.15, -0.1) is 0 Å². The first-order chi connectivity index (χ1) is 7.83. The lowest BCUT2D eigenvalue weighted by molar-refractivity contribution is -0.285. The fourth-order valence-electron chi connectivity index (χ4n) is 4.12. The van der Waals surface area contributed by atoms with Crippen molar-refractivity contribution in [2.75, 3.05) is 13.2 Å². The Morgan fingerprint density at radius 1 is 1.18 bits per heavy atom. The molecule has 0 aromatic heterocycles. The first-order valence-electron chi connectivity index (χ1n) is 6.62. The zero-order valence-electron chi connectivity index (χ0n) is 11.0. The van der Waals surface area contributed by atoms with Crippen molar-refractivity contribution in [2.45, 2.75) is 52.2 Å². The quantitative estimate of drug-likeness (QED) is 0.650. The number of hydrogen-bond acceptors (Lipinski definition) is 3. The number of rotatable bonds is 0. The van der Waals surface area contributed by atoms with Crippen LogP contribution in [0.2, 0.25) is 0 Å². The molecule has 2 aliphatic carbocycles. The van der Waals surface area contributed by atoms with E-state index in [0.717, 1.165) is 38.9 Å². The van der Waals surface area contributed by atoms with Gasteiger partial charge in [-0.25, -0.2) is 0 Å². The number of Topliss-reactive ketones (excluding diaryl/α,β-unsaturated/α-hetero) is 1. The number of fused-ring (bicyclic) bond motifs is 1. The summed E-state index contributed by atoms with van der Waals surface area (Å²) < 4.78 is 11.7. The third kappa shape index (κ3) is 1.84. The second kappa shape index (κ2) is 3.33. The van der Waals surface area contributed by atoms with Gasteiger partial charge in [-0.3, -0.25) is 4.79 Å². The van der Waals surface area contributed by atoms with Crippen LogP contribution in [0.15, 0.2) is 0 Å². The van der Waals surface area contributed by atoms with E-state index in [-0.39, 0.29) is 10.8 Å². The molecule has 3 fully saturated rings. The topological polar surface area (TPSA) is 35.5 Å². The molecule has 0 aromatic carbocycles. The summed E-state index contributed by atoms with van der Waals surface area (Å²) in [6, 6.07) is 0. The van der Waals surface area contributed by atoms with Crippen molar-refractivity contribution in [1.82, 2.24) is 0 Å². The smallest absolute Gasteiger partial charge is 0.162 e. The summed E-state index contributed by atoms with van der Waals surface area (Å²) in [4.78, 5) is 11.6. The van der Waals surface area contributed by atoms with Crippen LogP contribution < -0.4 is 0 Å². The monoisotopic (exact) mass is 238 g/mol. The summed E-state index contributed by atoms with van der Waals surface area (Å²) in [7, 11) is 0. The molecule has 2 saturated carbocycles. The Bertz CT molecular complexity index is 350. The number of carbonyl (C=O) groups is 1. The lowest BCUT2D eigenvalue weighted by Gasteiger charge is -2.42.